The van der Waals surface area contributed by atoms with Gasteiger partial charge in [0.05, 0.1) is 11.3 Å². The summed E-state index contributed by atoms with van der Waals surface area (Å²) in [6.45, 7) is 0. The summed E-state index contributed by atoms with van der Waals surface area (Å²) in [4.78, 5) is 3.24. The normalized spacial score (nSPS) is 14.3. The molecule has 1 heterocycles. The van der Waals surface area contributed by atoms with Crippen LogP contribution in [0.25, 0.3) is 0 Å². The van der Waals surface area contributed by atoms with Gasteiger partial charge in [0.1, 0.15) is 6.04 Å². The predicted molar refractivity (Wildman–Crippen MR) is 42.2 cm³/mol. The van der Waals surface area contributed by atoms with E-state index in [4.69, 9.17) is 5.73 Å². The van der Waals surface area contributed by atoms with Gasteiger partial charge in [-0.3, -0.25) is 4.98 Å². The first-order valence-electron chi connectivity index (χ1n) is 3.89. The summed E-state index contributed by atoms with van der Waals surface area (Å²) >= 11 is 0. The molecule has 0 aliphatic carbocycles. The second-order valence-electron chi connectivity index (χ2n) is 2.83. The second-order valence-corrected chi connectivity index (χ2v) is 2.83. The Morgan fingerprint density at radius 2 is 1.80 bits per heavy atom. The quantitative estimate of drug-likeness (QED) is 0.786. The van der Waals surface area contributed by atoms with Crippen LogP contribution in [0, 0.1) is 0 Å². The molecule has 7 heteroatoms. The molecule has 0 spiro atoms. The number of nitrogens with zero attached hydrogens (tertiary/aromatic N) is 1. The molecule has 1 aromatic rings. The maximum absolute atomic E-state index is 12.1. The first-order valence-corrected chi connectivity index (χ1v) is 3.89. The van der Waals surface area contributed by atoms with Crippen LogP contribution in [0.4, 0.5) is 22.0 Å². The van der Waals surface area contributed by atoms with Gasteiger partial charge in [-0.1, -0.05) is 0 Å². The lowest BCUT2D eigenvalue weighted by Gasteiger charge is -2.11. The molecule has 1 atom stereocenters. The van der Waals surface area contributed by atoms with Crippen LogP contribution in [0.2, 0.25) is 0 Å². The fourth-order valence-corrected chi connectivity index (χ4v) is 0.899. The van der Waals surface area contributed by atoms with Crippen molar-refractivity contribution in [3.05, 3.63) is 29.6 Å². The van der Waals surface area contributed by atoms with Crippen LogP contribution in [0.3, 0.4) is 0 Å². The van der Waals surface area contributed by atoms with E-state index in [9.17, 15) is 22.0 Å². The molecule has 15 heavy (non-hydrogen) atoms. The smallest absolute Gasteiger partial charge is 0.318 e. The van der Waals surface area contributed by atoms with Crippen LogP contribution in [0.5, 0.6) is 0 Å². The molecule has 0 aromatic carbocycles. The maximum atomic E-state index is 12.1. The zero-order valence-electron chi connectivity index (χ0n) is 7.30. The summed E-state index contributed by atoms with van der Waals surface area (Å²) in [6, 6.07) is -0.142. The lowest BCUT2D eigenvalue weighted by atomic mass is 10.2. The Balaban J connectivity index is 2.91. The van der Waals surface area contributed by atoms with Gasteiger partial charge in [-0.25, -0.2) is 8.78 Å². The number of pyridine rings is 1. The van der Waals surface area contributed by atoms with Crippen molar-refractivity contribution in [3.63, 3.8) is 0 Å². The Morgan fingerprint density at radius 3 is 2.13 bits per heavy atom. The monoisotopic (exact) mass is 226 g/mol. The molecule has 1 rings (SSSR count). The Hall–Kier alpha value is -1.24. The van der Waals surface area contributed by atoms with Crippen molar-refractivity contribution >= 4 is 0 Å². The van der Waals surface area contributed by atoms with Gasteiger partial charge < -0.3 is 5.73 Å². The number of halogens is 5. The minimum atomic E-state index is -4.53. The molecular weight excluding hydrogens is 219 g/mol. The molecule has 0 saturated carbocycles. The molecule has 0 amide bonds. The van der Waals surface area contributed by atoms with Crippen molar-refractivity contribution in [2.24, 2.45) is 5.73 Å². The van der Waals surface area contributed by atoms with Crippen molar-refractivity contribution < 1.29 is 22.0 Å². The van der Waals surface area contributed by atoms with E-state index < -0.39 is 24.2 Å². The predicted octanol–water partition coefficient (Wildman–Crippen LogP) is 2.37. The van der Waals surface area contributed by atoms with E-state index in [1.165, 1.54) is 0 Å². The van der Waals surface area contributed by atoms with Crippen LogP contribution >= 0.6 is 0 Å². The lowest BCUT2D eigenvalue weighted by Crippen LogP contribution is -2.20. The number of nitrogens with two attached hydrogens (primary N) is 1. The summed E-state index contributed by atoms with van der Waals surface area (Å²) < 4.78 is 60.3. The van der Waals surface area contributed by atoms with Crippen molar-refractivity contribution in [2.75, 3.05) is 0 Å². The lowest BCUT2D eigenvalue weighted by molar-refractivity contribution is -0.137. The molecule has 0 aliphatic rings. The number of aromatic nitrogens is 1. The zero-order chi connectivity index (χ0) is 11.6. The van der Waals surface area contributed by atoms with Crippen molar-refractivity contribution in [2.45, 2.75) is 18.6 Å². The average molecular weight is 226 g/mol. The highest BCUT2D eigenvalue weighted by atomic mass is 19.4. The molecule has 84 valence electrons. The first-order chi connectivity index (χ1) is 6.82. The van der Waals surface area contributed by atoms with Crippen molar-refractivity contribution in [1.29, 1.82) is 0 Å². The van der Waals surface area contributed by atoms with Crippen LogP contribution in [0.1, 0.15) is 17.3 Å². The topological polar surface area (TPSA) is 38.9 Å². The highest BCUT2D eigenvalue weighted by Gasteiger charge is 2.31. The van der Waals surface area contributed by atoms with Gasteiger partial charge >= 0.3 is 6.18 Å². The van der Waals surface area contributed by atoms with Crippen molar-refractivity contribution in [3.8, 4) is 0 Å². The Morgan fingerprint density at radius 1 is 1.20 bits per heavy atom. The molecule has 0 bridgehead atoms. The second kappa shape index (κ2) is 4.09. The average Bonchev–Trinajstić information content (AvgIpc) is 2.15. The van der Waals surface area contributed by atoms with E-state index in [0.29, 0.717) is 12.3 Å². The van der Waals surface area contributed by atoms with Gasteiger partial charge in [0.25, 0.3) is 6.43 Å². The third-order valence-corrected chi connectivity index (χ3v) is 1.73. The van der Waals surface area contributed by atoms with Crippen LogP contribution in [-0.4, -0.2) is 11.4 Å². The minimum Gasteiger partial charge on any atom is -0.318 e. The van der Waals surface area contributed by atoms with E-state index in [-0.39, 0.29) is 5.69 Å². The van der Waals surface area contributed by atoms with E-state index in [2.05, 4.69) is 4.98 Å². The van der Waals surface area contributed by atoms with Gasteiger partial charge in [-0.15, -0.1) is 0 Å². The molecule has 2 N–H and O–H groups in total. The van der Waals surface area contributed by atoms with Crippen LogP contribution in [-0.2, 0) is 6.18 Å². The maximum Gasteiger partial charge on any atom is 0.417 e. The van der Waals surface area contributed by atoms with Crippen LogP contribution in [0.15, 0.2) is 18.3 Å². The summed E-state index contributed by atoms with van der Waals surface area (Å²) in [5.74, 6) is 0. The van der Waals surface area contributed by atoms with Crippen molar-refractivity contribution in [1.82, 2.24) is 4.98 Å². The van der Waals surface area contributed by atoms with Gasteiger partial charge in [0.2, 0.25) is 0 Å². The van der Waals surface area contributed by atoms with Gasteiger partial charge in [0, 0.05) is 6.20 Å². The highest BCUT2D eigenvalue weighted by molar-refractivity contribution is 5.18. The van der Waals surface area contributed by atoms with E-state index in [1.54, 1.807) is 0 Å². The molecule has 0 fully saturated rings. The standard InChI is InChI=1S/C8H7F5N2/c9-7(10)6(14)5-2-1-4(3-15-5)8(11,12)13/h1-3,6-7H,14H2. The van der Waals surface area contributed by atoms with E-state index in [1.807, 2.05) is 0 Å². The highest BCUT2D eigenvalue weighted by Crippen LogP contribution is 2.29. The Bertz CT molecular complexity index is 319. The molecule has 0 aliphatic heterocycles. The van der Waals surface area contributed by atoms with E-state index >= 15 is 0 Å². The summed E-state index contributed by atoms with van der Waals surface area (Å²) in [7, 11) is 0. The van der Waals surface area contributed by atoms with Crippen LogP contribution < -0.4 is 5.73 Å². The zero-order valence-corrected chi connectivity index (χ0v) is 7.30. The Labute approximate surface area is 81.9 Å². The number of alkyl halides is 5. The molecule has 1 aromatic heterocycles. The summed E-state index contributed by atoms with van der Waals surface area (Å²) in [5.41, 5.74) is 3.74. The fourth-order valence-electron chi connectivity index (χ4n) is 0.899. The number of hydrogen-bond donors (Lipinski definition) is 1. The number of rotatable bonds is 2. The molecular formula is C8H7F5N2. The third-order valence-electron chi connectivity index (χ3n) is 1.73. The third kappa shape index (κ3) is 2.85. The van der Waals surface area contributed by atoms with Gasteiger partial charge in [0.15, 0.2) is 0 Å². The molecule has 1 unspecified atom stereocenters. The molecule has 0 saturated heterocycles. The largest absolute Gasteiger partial charge is 0.417 e. The first kappa shape index (κ1) is 11.8. The van der Waals surface area contributed by atoms with E-state index in [0.717, 1.165) is 6.07 Å². The van der Waals surface area contributed by atoms with Gasteiger partial charge in [-0.2, -0.15) is 13.2 Å². The number of hydrogen-bond acceptors (Lipinski definition) is 2. The molecule has 0 radical (unpaired) electrons. The fraction of sp³-hybridized carbons (Fsp3) is 0.375. The molecule has 2 nitrogen and oxygen atoms in total. The minimum absolute atomic E-state index is 0.266. The van der Waals surface area contributed by atoms with Gasteiger partial charge in [-0.05, 0) is 12.1 Å². The SMILES string of the molecule is NC(c1ccc(C(F)(F)F)cn1)C(F)F. The summed E-state index contributed by atoms with van der Waals surface area (Å²) in [6.07, 6.45) is -6.90. The summed E-state index contributed by atoms with van der Waals surface area (Å²) in [5, 5.41) is 0. The Kier molecular flexibility index (Phi) is 3.23.